The average molecular weight is 320 g/mol. The molecule has 0 saturated carbocycles. The van der Waals surface area contributed by atoms with E-state index in [0.717, 1.165) is 0 Å². The fraction of sp³-hybridized carbons (Fsp3) is 0.833. The van der Waals surface area contributed by atoms with Gasteiger partial charge in [-0.05, 0) is 20.3 Å². The van der Waals surface area contributed by atoms with E-state index in [1.165, 1.54) is 11.8 Å². The van der Waals surface area contributed by atoms with E-state index >= 15 is 0 Å². The van der Waals surface area contributed by atoms with Gasteiger partial charge in [-0.2, -0.15) is 0 Å². The molecule has 6 nitrogen and oxygen atoms in total. The van der Waals surface area contributed by atoms with Crippen molar-refractivity contribution in [3.63, 3.8) is 0 Å². The summed E-state index contributed by atoms with van der Waals surface area (Å²) < 4.78 is 22.7. The normalized spacial score (nSPS) is 28.2. The fourth-order valence-corrected chi connectivity index (χ4v) is 6.01. The number of nitrogens with zero attached hydrogens (tertiary/aromatic N) is 1. The molecular formula is C12H20N2O4S2. The molecule has 20 heavy (non-hydrogen) atoms. The van der Waals surface area contributed by atoms with Crippen LogP contribution in [-0.4, -0.2) is 66.3 Å². The number of amides is 2. The topological polar surface area (TPSA) is 83.6 Å². The lowest BCUT2D eigenvalue weighted by Gasteiger charge is -2.41. The Morgan fingerprint density at radius 2 is 2.20 bits per heavy atom. The van der Waals surface area contributed by atoms with E-state index in [2.05, 4.69) is 5.32 Å². The van der Waals surface area contributed by atoms with Crippen molar-refractivity contribution in [1.82, 2.24) is 10.2 Å². The molecule has 0 spiro atoms. The fourth-order valence-electron chi connectivity index (χ4n) is 2.50. The third kappa shape index (κ3) is 3.28. The van der Waals surface area contributed by atoms with Crippen LogP contribution < -0.4 is 5.32 Å². The van der Waals surface area contributed by atoms with Gasteiger partial charge in [-0.25, -0.2) is 8.42 Å². The van der Waals surface area contributed by atoms with Gasteiger partial charge in [0.15, 0.2) is 9.84 Å². The molecule has 2 saturated heterocycles. The van der Waals surface area contributed by atoms with E-state index in [1.54, 1.807) is 18.7 Å². The quantitative estimate of drug-likeness (QED) is 0.768. The number of hydrogen-bond donors (Lipinski definition) is 1. The van der Waals surface area contributed by atoms with Crippen LogP contribution in [0.3, 0.4) is 0 Å². The first kappa shape index (κ1) is 15.6. The summed E-state index contributed by atoms with van der Waals surface area (Å²) in [6.07, 6.45) is 0.615. The summed E-state index contributed by atoms with van der Waals surface area (Å²) in [6, 6.07) is 0. The highest BCUT2D eigenvalue weighted by molar-refractivity contribution is 8.02. The Labute approximate surface area is 123 Å². The van der Waals surface area contributed by atoms with E-state index in [0.29, 0.717) is 19.5 Å². The zero-order valence-electron chi connectivity index (χ0n) is 11.7. The monoisotopic (exact) mass is 320 g/mol. The van der Waals surface area contributed by atoms with Gasteiger partial charge in [0.2, 0.25) is 11.8 Å². The number of rotatable bonds is 3. The van der Waals surface area contributed by atoms with Crippen molar-refractivity contribution in [1.29, 1.82) is 0 Å². The smallest absolute Gasteiger partial charge is 0.245 e. The van der Waals surface area contributed by atoms with E-state index in [-0.39, 0.29) is 34.3 Å². The lowest BCUT2D eigenvalue weighted by atomic mass is 9.99. The number of carbonyl (C=O) groups is 2. The highest BCUT2D eigenvalue weighted by Gasteiger charge is 2.40. The van der Waals surface area contributed by atoms with Crippen LogP contribution in [0.25, 0.3) is 0 Å². The zero-order valence-corrected chi connectivity index (χ0v) is 13.3. The number of sulfone groups is 1. The minimum atomic E-state index is -2.91. The second-order valence-electron chi connectivity index (χ2n) is 5.70. The summed E-state index contributed by atoms with van der Waals surface area (Å²) in [6.45, 7) is 4.42. The number of piperazine rings is 1. The van der Waals surface area contributed by atoms with Gasteiger partial charge in [-0.15, -0.1) is 11.8 Å². The molecule has 2 aliphatic heterocycles. The van der Waals surface area contributed by atoms with Crippen molar-refractivity contribution in [2.75, 3.05) is 30.3 Å². The SMILES string of the molecule is CC1(C)C(=O)NCCN1C(=O)CSC1CCS(=O)(=O)C1. The highest BCUT2D eigenvalue weighted by Crippen LogP contribution is 2.26. The van der Waals surface area contributed by atoms with Crippen molar-refractivity contribution in [3.05, 3.63) is 0 Å². The maximum atomic E-state index is 12.3. The minimum absolute atomic E-state index is 0.00526. The predicted octanol–water partition coefficient (Wildman–Crippen LogP) is -0.356. The van der Waals surface area contributed by atoms with Crippen molar-refractivity contribution < 1.29 is 18.0 Å². The first-order chi connectivity index (χ1) is 9.22. The summed E-state index contributed by atoms with van der Waals surface area (Å²) in [4.78, 5) is 25.6. The summed E-state index contributed by atoms with van der Waals surface area (Å²) in [5.41, 5.74) is -0.836. The predicted molar refractivity (Wildman–Crippen MR) is 78.3 cm³/mol. The molecular weight excluding hydrogens is 300 g/mol. The van der Waals surface area contributed by atoms with Gasteiger partial charge >= 0.3 is 0 Å². The molecule has 1 N–H and O–H groups in total. The first-order valence-electron chi connectivity index (χ1n) is 6.63. The molecule has 114 valence electrons. The van der Waals surface area contributed by atoms with Crippen molar-refractivity contribution >= 4 is 33.4 Å². The molecule has 2 rings (SSSR count). The molecule has 2 heterocycles. The van der Waals surface area contributed by atoms with Crippen LogP contribution in [0.4, 0.5) is 0 Å². The molecule has 0 aromatic rings. The Balaban J connectivity index is 1.90. The number of hydrogen-bond acceptors (Lipinski definition) is 5. The molecule has 2 amide bonds. The number of nitrogens with one attached hydrogen (secondary N) is 1. The van der Waals surface area contributed by atoms with Gasteiger partial charge in [-0.3, -0.25) is 9.59 Å². The minimum Gasteiger partial charge on any atom is -0.352 e. The van der Waals surface area contributed by atoms with Crippen LogP contribution in [0.15, 0.2) is 0 Å². The van der Waals surface area contributed by atoms with E-state index in [9.17, 15) is 18.0 Å². The van der Waals surface area contributed by atoms with Gasteiger partial charge in [0.05, 0.1) is 17.3 Å². The average Bonchev–Trinajstić information content (AvgIpc) is 2.69. The maximum absolute atomic E-state index is 12.3. The first-order valence-corrected chi connectivity index (χ1v) is 9.50. The van der Waals surface area contributed by atoms with Gasteiger partial charge in [-0.1, -0.05) is 0 Å². The van der Waals surface area contributed by atoms with E-state index < -0.39 is 15.4 Å². The zero-order chi connectivity index (χ0) is 15.0. The Kier molecular flexibility index (Phi) is 4.34. The van der Waals surface area contributed by atoms with Gasteiger partial charge in [0.25, 0.3) is 0 Å². The molecule has 1 atom stereocenters. The van der Waals surface area contributed by atoms with E-state index in [1.807, 2.05) is 0 Å². The number of carbonyl (C=O) groups excluding carboxylic acids is 2. The van der Waals surface area contributed by atoms with Gasteiger partial charge < -0.3 is 10.2 Å². The third-order valence-corrected chi connectivity index (χ3v) is 7.05. The maximum Gasteiger partial charge on any atom is 0.245 e. The Morgan fingerprint density at radius 1 is 1.50 bits per heavy atom. The van der Waals surface area contributed by atoms with Crippen LogP contribution in [-0.2, 0) is 19.4 Å². The molecule has 8 heteroatoms. The standard InChI is InChI=1S/C12H20N2O4S2/c1-12(2)11(16)13-4-5-14(12)10(15)7-19-9-3-6-20(17,18)8-9/h9H,3-8H2,1-2H3,(H,13,16). The summed E-state index contributed by atoms with van der Waals surface area (Å²) in [7, 11) is -2.91. The van der Waals surface area contributed by atoms with Crippen LogP contribution in [0.2, 0.25) is 0 Å². The third-order valence-electron chi connectivity index (χ3n) is 3.79. The molecule has 2 fully saturated rings. The van der Waals surface area contributed by atoms with Gasteiger partial charge in [0, 0.05) is 18.3 Å². The Hall–Kier alpha value is -0.760. The molecule has 0 bridgehead atoms. The second-order valence-corrected chi connectivity index (χ2v) is 9.21. The van der Waals surface area contributed by atoms with Crippen molar-refractivity contribution in [2.24, 2.45) is 0 Å². The molecule has 2 aliphatic rings. The van der Waals surface area contributed by atoms with Gasteiger partial charge in [0.1, 0.15) is 5.54 Å². The molecule has 0 aromatic carbocycles. The van der Waals surface area contributed by atoms with Crippen molar-refractivity contribution in [2.45, 2.75) is 31.1 Å². The summed E-state index contributed by atoms with van der Waals surface area (Å²) in [5.74, 6) is 0.368. The summed E-state index contributed by atoms with van der Waals surface area (Å²) in [5, 5.41) is 2.75. The van der Waals surface area contributed by atoms with Crippen molar-refractivity contribution in [3.8, 4) is 0 Å². The second kappa shape index (κ2) is 5.55. The Morgan fingerprint density at radius 3 is 2.80 bits per heavy atom. The largest absolute Gasteiger partial charge is 0.352 e. The highest BCUT2D eigenvalue weighted by atomic mass is 32.2. The lowest BCUT2D eigenvalue weighted by Crippen LogP contribution is -2.63. The molecule has 0 radical (unpaired) electrons. The van der Waals surface area contributed by atoms with Crippen LogP contribution in [0, 0.1) is 0 Å². The van der Waals surface area contributed by atoms with Crippen LogP contribution in [0.5, 0.6) is 0 Å². The van der Waals surface area contributed by atoms with Crippen LogP contribution >= 0.6 is 11.8 Å². The lowest BCUT2D eigenvalue weighted by molar-refractivity contribution is -0.147. The molecule has 0 aromatic heterocycles. The summed E-state index contributed by atoms with van der Waals surface area (Å²) >= 11 is 1.39. The molecule has 1 unspecified atom stereocenters. The molecule has 0 aliphatic carbocycles. The van der Waals surface area contributed by atoms with E-state index in [4.69, 9.17) is 0 Å². The van der Waals surface area contributed by atoms with Crippen LogP contribution in [0.1, 0.15) is 20.3 Å². The number of thioether (sulfide) groups is 1. The Bertz CT molecular complexity index is 516.